The van der Waals surface area contributed by atoms with Crippen LogP contribution in [-0.2, 0) is 0 Å². The number of nitrogens with one attached hydrogen (secondary N) is 3. The van der Waals surface area contributed by atoms with Crippen LogP contribution in [0.1, 0.15) is 24.2 Å². The van der Waals surface area contributed by atoms with Gasteiger partial charge in [-0.1, -0.05) is 0 Å². The number of carbonyl (C=O) groups excluding carboxylic acids is 1. The molecule has 3 N–H and O–H groups in total. The van der Waals surface area contributed by atoms with E-state index < -0.39 is 16.9 Å². The molecule has 3 rings (SSSR count). The number of ketones is 1. The molecule has 0 fully saturated rings. The molecule has 0 spiro atoms. The zero-order chi connectivity index (χ0) is 18.2. The highest BCUT2D eigenvalue weighted by Crippen LogP contribution is 2.38. The summed E-state index contributed by atoms with van der Waals surface area (Å²) in [7, 11) is 1.52. The van der Waals surface area contributed by atoms with Crippen molar-refractivity contribution in [3.63, 3.8) is 0 Å². The normalized spacial score (nSPS) is 16.9. The Morgan fingerprint density at radius 1 is 1.16 bits per heavy atom. The van der Waals surface area contributed by atoms with Gasteiger partial charge in [0.25, 0.3) is 5.56 Å². The number of fused-ring (bicyclic) bond motifs is 1. The number of rotatable bonds is 3. The Bertz CT molecular complexity index is 956. The molecule has 1 aromatic carbocycles. The Morgan fingerprint density at radius 2 is 1.92 bits per heavy atom. The van der Waals surface area contributed by atoms with Crippen molar-refractivity contribution in [2.24, 2.45) is 0 Å². The summed E-state index contributed by atoms with van der Waals surface area (Å²) in [6, 6.07) is 6.19. The Morgan fingerprint density at radius 3 is 2.60 bits per heavy atom. The number of anilines is 1. The lowest BCUT2D eigenvalue weighted by Crippen LogP contribution is -2.39. The van der Waals surface area contributed by atoms with Gasteiger partial charge in [-0.25, -0.2) is 4.79 Å². The topological polar surface area (TPSA) is 113 Å². The fourth-order valence-electron chi connectivity index (χ4n) is 2.59. The monoisotopic (exact) mass is 343 g/mol. The van der Waals surface area contributed by atoms with Crippen molar-refractivity contribution in [3.05, 3.63) is 62.4 Å². The van der Waals surface area contributed by atoms with Gasteiger partial charge < -0.3 is 14.8 Å². The maximum absolute atomic E-state index is 12.9. The number of ether oxygens (including phenoxy) is 2. The van der Waals surface area contributed by atoms with Crippen LogP contribution in [0, 0.1) is 0 Å². The first-order valence-electron chi connectivity index (χ1n) is 7.53. The standard InChI is InChI=1S/C17H17N3O5/c1-17(2)11(8-18-13-7-14(21)20-16(23)19-13)15(22)10-6-9(24-3)4-5-12(10)25-17/h4-8H,1-3H3,(H3,18,19,20,21,23)/b11-8-. The lowest BCUT2D eigenvalue weighted by atomic mass is 9.87. The van der Waals surface area contributed by atoms with Crippen LogP contribution in [0.2, 0.25) is 0 Å². The minimum atomic E-state index is -0.896. The van der Waals surface area contributed by atoms with E-state index in [0.29, 0.717) is 22.6 Å². The number of benzene rings is 1. The van der Waals surface area contributed by atoms with Gasteiger partial charge in [-0.2, -0.15) is 0 Å². The van der Waals surface area contributed by atoms with E-state index in [2.05, 4.69) is 15.3 Å². The molecule has 0 saturated carbocycles. The first-order chi connectivity index (χ1) is 11.8. The summed E-state index contributed by atoms with van der Waals surface area (Å²) >= 11 is 0. The molecule has 8 nitrogen and oxygen atoms in total. The average molecular weight is 343 g/mol. The average Bonchev–Trinajstić information content (AvgIpc) is 2.53. The summed E-state index contributed by atoms with van der Waals surface area (Å²) in [5.74, 6) is 0.949. The molecule has 2 heterocycles. The highest BCUT2D eigenvalue weighted by Gasteiger charge is 2.38. The van der Waals surface area contributed by atoms with Gasteiger partial charge in [0.2, 0.25) is 0 Å². The number of hydrogen-bond acceptors (Lipinski definition) is 6. The van der Waals surface area contributed by atoms with E-state index in [9.17, 15) is 14.4 Å². The molecular formula is C17H17N3O5. The molecule has 1 aliphatic heterocycles. The van der Waals surface area contributed by atoms with Crippen molar-refractivity contribution in [2.75, 3.05) is 12.4 Å². The molecule has 0 unspecified atom stereocenters. The molecular weight excluding hydrogens is 326 g/mol. The zero-order valence-electron chi connectivity index (χ0n) is 13.9. The zero-order valence-corrected chi connectivity index (χ0v) is 13.9. The molecule has 1 aliphatic rings. The first kappa shape index (κ1) is 16.6. The summed E-state index contributed by atoms with van der Waals surface area (Å²) in [6.45, 7) is 3.51. The fourth-order valence-corrected chi connectivity index (χ4v) is 2.59. The first-order valence-corrected chi connectivity index (χ1v) is 7.53. The molecule has 2 aromatic rings. The van der Waals surface area contributed by atoms with Gasteiger partial charge in [0.05, 0.1) is 18.2 Å². The van der Waals surface area contributed by atoms with Crippen molar-refractivity contribution in [2.45, 2.75) is 19.4 Å². The number of Topliss-reactive ketones (excluding diaryl/α,β-unsaturated/α-hetero) is 1. The number of aromatic nitrogens is 2. The van der Waals surface area contributed by atoms with E-state index in [1.54, 1.807) is 32.0 Å². The van der Waals surface area contributed by atoms with Gasteiger partial charge in [-0.15, -0.1) is 0 Å². The number of carbonyl (C=O) groups is 1. The van der Waals surface area contributed by atoms with E-state index in [-0.39, 0.29) is 11.6 Å². The van der Waals surface area contributed by atoms with Crippen LogP contribution in [0.15, 0.2) is 45.6 Å². The third-order valence-electron chi connectivity index (χ3n) is 3.82. The predicted molar refractivity (Wildman–Crippen MR) is 91.4 cm³/mol. The van der Waals surface area contributed by atoms with Gasteiger partial charge in [-0.05, 0) is 32.0 Å². The van der Waals surface area contributed by atoms with Crippen LogP contribution < -0.4 is 26.0 Å². The summed E-state index contributed by atoms with van der Waals surface area (Å²) < 4.78 is 11.1. The minimum absolute atomic E-state index is 0.168. The van der Waals surface area contributed by atoms with Gasteiger partial charge >= 0.3 is 5.69 Å². The second kappa shape index (κ2) is 5.97. The molecule has 0 amide bonds. The second-order valence-corrected chi connectivity index (χ2v) is 6.01. The number of H-pyrrole nitrogens is 2. The van der Waals surface area contributed by atoms with E-state index >= 15 is 0 Å². The lowest BCUT2D eigenvalue weighted by molar-refractivity contribution is 0.0855. The highest BCUT2D eigenvalue weighted by atomic mass is 16.5. The largest absolute Gasteiger partial charge is 0.497 e. The SMILES string of the molecule is COc1ccc2c(c1)C(=O)/C(=C/Nc1cc(=O)[nH]c(=O)[nH]1)C(C)(C)O2. The van der Waals surface area contributed by atoms with E-state index in [1.807, 2.05) is 0 Å². The van der Waals surface area contributed by atoms with Crippen molar-refractivity contribution in [1.29, 1.82) is 0 Å². The highest BCUT2D eigenvalue weighted by molar-refractivity contribution is 6.13. The fraction of sp³-hybridized carbons (Fsp3) is 0.235. The van der Waals surface area contributed by atoms with Crippen molar-refractivity contribution < 1.29 is 14.3 Å². The summed E-state index contributed by atoms with van der Waals surface area (Å²) in [6.07, 6.45) is 1.43. The van der Waals surface area contributed by atoms with Crippen molar-refractivity contribution in [1.82, 2.24) is 9.97 Å². The van der Waals surface area contributed by atoms with Crippen LogP contribution in [-0.4, -0.2) is 28.5 Å². The van der Waals surface area contributed by atoms with Crippen LogP contribution in [0.5, 0.6) is 11.5 Å². The van der Waals surface area contributed by atoms with Gasteiger partial charge in [0, 0.05) is 12.3 Å². The Labute approximate surface area is 142 Å². The Hall–Kier alpha value is -3.29. The van der Waals surface area contributed by atoms with Crippen molar-refractivity contribution in [3.8, 4) is 11.5 Å². The minimum Gasteiger partial charge on any atom is -0.497 e. The van der Waals surface area contributed by atoms with Crippen molar-refractivity contribution >= 4 is 11.6 Å². The maximum atomic E-state index is 12.9. The second-order valence-electron chi connectivity index (χ2n) is 6.01. The van der Waals surface area contributed by atoms with Crippen LogP contribution in [0.25, 0.3) is 0 Å². The number of methoxy groups -OCH3 is 1. The lowest BCUT2D eigenvalue weighted by Gasteiger charge is -2.34. The summed E-state index contributed by atoms with van der Waals surface area (Å²) in [5.41, 5.74) is -1.37. The van der Waals surface area contributed by atoms with Crippen LogP contribution in [0.4, 0.5) is 5.82 Å². The van der Waals surface area contributed by atoms with Gasteiger partial charge in [-0.3, -0.25) is 19.6 Å². The summed E-state index contributed by atoms with van der Waals surface area (Å²) in [4.78, 5) is 40.0. The Balaban J connectivity index is 2.00. The van der Waals surface area contributed by atoms with Crippen LogP contribution >= 0.6 is 0 Å². The summed E-state index contributed by atoms with van der Waals surface area (Å²) in [5, 5.41) is 2.77. The Kier molecular flexibility index (Phi) is 3.96. The smallest absolute Gasteiger partial charge is 0.327 e. The quantitative estimate of drug-likeness (QED) is 0.727. The third kappa shape index (κ3) is 3.18. The molecule has 130 valence electrons. The molecule has 0 radical (unpaired) electrons. The van der Waals surface area contributed by atoms with Gasteiger partial charge in [0.1, 0.15) is 22.9 Å². The third-order valence-corrected chi connectivity index (χ3v) is 3.82. The molecule has 0 aliphatic carbocycles. The van der Waals surface area contributed by atoms with E-state index in [0.717, 1.165) is 0 Å². The molecule has 0 bridgehead atoms. The van der Waals surface area contributed by atoms with Gasteiger partial charge in [0.15, 0.2) is 5.78 Å². The molecule has 1 aromatic heterocycles. The van der Waals surface area contributed by atoms with E-state index in [4.69, 9.17) is 9.47 Å². The maximum Gasteiger partial charge on any atom is 0.327 e. The number of aromatic amines is 2. The number of hydrogen-bond donors (Lipinski definition) is 3. The predicted octanol–water partition coefficient (Wildman–Crippen LogP) is 1.42. The molecule has 0 saturated heterocycles. The van der Waals surface area contributed by atoms with Crippen LogP contribution in [0.3, 0.4) is 0 Å². The molecule has 8 heteroatoms. The molecule has 25 heavy (non-hydrogen) atoms. The van der Waals surface area contributed by atoms with E-state index in [1.165, 1.54) is 19.4 Å². The molecule has 0 atom stereocenters.